The van der Waals surface area contributed by atoms with Crippen LogP contribution in [0, 0.1) is 0 Å². The molecule has 114 valence electrons. The van der Waals surface area contributed by atoms with Gasteiger partial charge in [0.15, 0.2) is 17.7 Å². The van der Waals surface area contributed by atoms with Crippen LogP contribution in [-0.2, 0) is 4.74 Å². The number of aromatic nitrogens is 4. The highest BCUT2D eigenvalue weighted by Gasteiger charge is 2.44. The number of rotatable bonds is 2. The summed E-state index contributed by atoms with van der Waals surface area (Å²) in [7, 11) is 0. The smallest absolute Gasteiger partial charge is 0.330 e. The van der Waals surface area contributed by atoms with E-state index in [9.17, 15) is 15.0 Å². The topological polar surface area (TPSA) is 186 Å². The van der Waals surface area contributed by atoms with Crippen molar-refractivity contribution in [2.75, 3.05) is 18.1 Å². The Balaban J connectivity index is 2.17. The Hall–Kier alpha value is -2.21. The zero-order valence-electron chi connectivity index (χ0n) is 10.7. The van der Waals surface area contributed by atoms with Crippen molar-refractivity contribution in [3.8, 4) is 0 Å². The molecule has 1 aliphatic heterocycles. The number of aromatic amines is 1. The van der Waals surface area contributed by atoms with E-state index in [1.54, 1.807) is 0 Å². The van der Waals surface area contributed by atoms with Gasteiger partial charge in [-0.2, -0.15) is 9.97 Å². The number of imidazole rings is 1. The van der Waals surface area contributed by atoms with E-state index in [4.69, 9.17) is 21.3 Å². The van der Waals surface area contributed by atoms with Crippen LogP contribution in [0.1, 0.15) is 6.23 Å². The average Bonchev–Trinajstić information content (AvgIpc) is 2.89. The van der Waals surface area contributed by atoms with Crippen molar-refractivity contribution < 1.29 is 20.1 Å². The van der Waals surface area contributed by atoms with Crippen molar-refractivity contribution in [3.05, 3.63) is 10.5 Å². The number of anilines is 2. The van der Waals surface area contributed by atoms with Crippen molar-refractivity contribution in [1.82, 2.24) is 19.5 Å². The molecule has 3 heterocycles. The van der Waals surface area contributed by atoms with Crippen LogP contribution in [0.5, 0.6) is 0 Å². The van der Waals surface area contributed by atoms with E-state index in [0.29, 0.717) is 0 Å². The predicted molar refractivity (Wildman–Crippen MR) is 70.0 cm³/mol. The molecule has 0 radical (unpaired) electrons. The van der Waals surface area contributed by atoms with Crippen LogP contribution in [0.2, 0.25) is 0 Å². The lowest BCUT2D eigenvalue weighted by molar-refractivity contribution is -0.0524. The van der Waals surface area contributed by atoms with E-state index in [-0.39, 0.29) is 22.9 Å². The van der Waals surface area contributed by atoms with Crippen LogP contribution in [0.15, 0.2) is 4.79 Å². The fraction of sp³-hybridized carbons (Fsp3) is 0.500. The van der Waals surface area contributed by atoms with Crippen molar-refractivity contribution in [3.63, 3.8) is 0 Å². The standard InChI is InChI=1S/C10H14N6O5/c11-6-3-7(15-9(12)14-6)16(10(20)13-3)8-5(19)4(18)2(1-17)21-8/h2,4-5,8,17-19H,1H2,(H,13,20)(H4,11,12,14,15)/t2-,4-,5-,8-/m1/s1. The fourth-order valence-electron chi connectivity index (χ4n) is 2.37. The number of aliphatic hydroxyl groups excluding tert-OH is 3. The number of H-pyrrole nitrogens is 1. The van der Waals surface area contributed by atoms with Gasteiger partial charge in [0, 0.05) is 0 Å². The lowest BCUT2D eigenvalue weighted by Gasteiger charge is -2.15. The minimum Gasteiger partial charge on any atom is -0.394 e. The first-order valence-corrected chi connectivity index (χ1v) is 6.09. The minimum atomic E-state index is -1.42. The number of hydrogen-bond donors (Lipinski definition) is 6. The maximum absolute atomic E-state index is 12.0. The van der Waals surface area contributed by atoms with Gasteiger partial charge in [-0.3, -0.25) is 0 Å². The van der Waals surface area contributed by atoms with Gasteiger partial charge in [-0.05, 0) is 0 Å². The molecule has 3 rings (SSSR count). The van der Waals surface area contributed by atoms with Crippen molar-refractivity contribution in [1.29, 1.82) is 0 Å². The molecule has 1 saturated heterocycles. The zero-order valence-corrected chi connectivity index (χ0v) is 10.7. The molecule has 4 atom stereocenters. The highest BCUT2D eigenvalue weighted by Crippen LogP contribution is 2.30. The van der Waals surface area contributed by atoms with Gasteiger partial charge in [0.05, 0.1) is 6.61 Å². The second-order valence-electron chi connectivity index (χ2n) is 4.69. The number of ether oxygens (including phenoxy) is 1. The van der Waals surface area contributed by atoms with Crippen LogP contribution in [0.4, 0.5) is 11.8 Å². The summed E-state index contributed by atoms with van der Waals surface area (Å²) >= 11 is 0. The van der Waals surface area contributed by atoms with Crippen LogP contribution in [0.3, 0.4) is 0 Å². The zero-order chi connectivity index (χ0) is 15.3. The quantitative estimate of drug-likeness (QED) is 0.334. The van der Waals surface area contributed by atoms with Gasteiger partial charge in [0.2, 0.25) is 5.95 Å². The monoisotopic (exact) mass is 298 g/mol. The molecule has 0 bridgehead atoms. The molecule has 21 heavy (non-hydrogen) atoms. The summed E-state index contributed by atoms with van der Waals surface area (Å²) in [6.07, 6.45) is -5.00. The third-order valence-corrected chi connectivity index (χ3v) is 3.39. The normalized spacial score (nSPS) is 29.3. The number of nitrogen functional groups attached to an aromatic ring is 2. The number of hydrogen-bond acceptors (Lipinski definition) is 9. The molecule has 0 amide bonds. The SMILES string of the molecule is Nc1nc(N)c2[nH]c(=O)n([C@@H]3O[C@H](CO)[C@@H](O)[C@H]3O)c2n1. The molecular weight excluding hydrogens is 284 g/mol. The Morgan fingerprint density at radius 3 is 2.62 bits per heavy atom. The summed E-state index contributed by atoms with van der Waals surface area (Å²) in [6, 6.07) is 0. The first-order chi connectivity index (χ1) is 9.93. The number of nitrogens with two attached hydrogens (primary N) is 2. The van der Waals surface area contributed by atoms with E-state index in [1.807, 2.05) is 0 Å². The molecule has 8 N–H and O–H groups in total. The Kier molecular flexibility index (Phi) is 3.06. The Morgan fingerprint density at radius 1 is 1.29 bits per heavy atom. The summed E-state index contributed by atoms with van der Waals surface area (Å²) < 4.78 is 6.28. The van der Waals surface area contributed by atoms with Crippen LogP contribution < -0.4 is 17.2 Å². The van der Waals surface area contributed by atoms with Gasteiger partial charge in [0.25, 0.3) is 0 Å². The van der Waals surface area contributed by atoms with Gasteiger partial charge in [-0.1, -0.05) is 0 Å². The number of aliphatic hydroxyl groups is 3. The largest absolute Gasteiger partial charge is 0.394 e. The minimum absolute atomic E-state index is 0.0277. The molecule has 2 aromatic heterocycles. The summed E-state index contributed by atoms with van der Waals surface area (Å²) in [5.41, 5.74) is 10.7. The summed E-state index contributed by atoms with van der Waals surface area (Å²) in [6.45, 7) is -0.509. The number of fused-ring (bicyclic) bond motifs is 1. The lowest BCUT2D eigenvalue weighted by Crippen LogP contribution is -2.34. The number of nitrogens with zero attached hydrogens (tertiary/aromatic N) is 3. The van der Waals surface area contributed by atoms with Gasteiger partial charge < -0.3 is 36.5 Å². The third-order valence-electron chi connectivity index (χ3n) is 3.39. The van der Waals surface area contributed by atoms with Gasteiger partial charge >= 0.3 is 5.69 Å². The average molecular weight is 298 g/mol. The molecule has 1 aliphatic rings. The summed E-state index contributed by atoms with van der Waals surface area (Å²) in [4.78, 5) is 22.1. The molecule has 0 aliphatic carbocycles. The van der Waals surface area contributed by atoms with E-state index in [2.05, 4.69) is 15.0 Å². The first kappa shape index (κ1) is 13.8. The lowest BCUT2D eigenvalue weighted by atomic mass is 10.1. The van der Waals surface area contributed by atoms with E-state index in [0.717, 1.165) is 4.57 Å². The molecule has 0 unspecified atom stereocenters. The van der Waals surface area contributed by atoms with Crippen molar-refractivity contribution >= 4 is 22.9 Å². The Bertz CT molecular complexity index is 741. The van der Waals surface area contributed by atoms with E-state index in [1.165, 1.54) is 0 Å². The highest BCUT2D eigenvalue weighted by atomic mass is 16.6. The maximum atomic E-state index is 12.0. The van der Waals surface area contributed by atoms with E-state index < -0.39 is 36.8 Å². The Labute approximate surface area is 116 Å². The van der Waals surface area contributed by atoms with Crippen LogP contribution >= 0.6 is 0 Å². The first-order valence-electron chi connectivity index (χ1n) is 6.09. The van der Waals surface area contributed by atoms with Crippen molar-refractivity contribution in [2.45, 2.75) is 24.5 Å². The van der Waals surface area contributed by atoms with Gasteiger partial charge in [-0.25, -0.2) is 9.36 Å². The molecule has 2 aromatic rings. The number of nitrogens with one attached hydrogen (secondary N) is 1. The molecule has 0 saturated carbocycles. The molecule has 0 spiro atoms. The molecule has 11 nitrogen and oxygen atoms in total. The molecule has 11 heteroatoms. The Morgan fingerprint density at radius 2 is 2.00 bits per heavy atom. The fourth-order valence-corrected chi connectivity index (χ4v) is 2.37. The van der Waals surface area contributed by atoms with Crippen LogP contribution in [0.25, 0.3) is 11.2 Å². The highest BCUT2D eigenvalue weighted by molar-refractivity contribution is 5.82. The predicted octanol–water partition coefficient (Wildman–Crippen LogP) is -3.10. The molecule has 0 aromatic carbocycles. The van der Waals surface area contributed by atoms with Crippen LogP contribution in [-0.4, -0.2) is 59.8 Å². The maximum Gasteiger partial charge on any atom is 0.330 e. The summed E-state index contributed by atoms with van der Waals surface area (Å²) in [5.74, 6) is -0.181. The molecule has 1 fully saturated rings. The van der Waals surface area contributed by atoms with Gasteiger partial charge in [-0.15, -0.1) is 0 Å². The van der Waals surface area contributed by atoms with Gasteiger partial charge in [0.1, 0.15) is 23.8 Å². The second kappa shape index (κ2) is 4.66. The molecular formula is C10H14N6O5. The van der Waals surface area contributed by atoms with Crippen molar-refractivity contribution in [2.24, 2.45) is 0 Å². The second-order valence-corrected chi connectivity index (χ2v) is 4.69. The third kappa shape index (κ3) is 1.94. The van der Waals surface area contributed by atoms with E-state index >= 15 is 0 Å². The summed E-state index contributed by atoms with van der Waals surface area (Å²) in [5, 5.41) is 28.8.